The van der Waals surface area contributed by atoms with Gasteiger partial charge in [0.2, 0.25) is 0 Å². The minimum Gasteiger partial charge on any atom is -0.370 e. The van der Waals surface area contributed by atoms with Crippen molar-refractivity contribution < 1.29 is 17.8 Å². The first-order valence-electron chi connectivity index (χ1n) is 7.66. The molecule has 0 aliphatic rings. The molecule has 0 unspecified atom stereocenters. The molecule has 3 aromatic rings. The third-order valence-electron chi connectivity index (χ3n) is 3.25. The number of carbonyl (C=O) groups is 1. The number of rotatable bonds is 2. The highest BCUT2D eigenvalue weighted by Crippen LogP contribution is 2.25. The maximum absolute atomic E-state index is 11.9. The van der Waals surface area contributed by atoms with E-state index in [0.29, 0.717) is 11.8 Å². The van der Waals surface area contributed by atoms with Crippen molar-refractivity contribution in [1.29, 1.82) is 0 Å². The van der Waals surface area contributed by atoms with Crippen molar-refractivity contribution in [2.24, 2.45) is 16.5 Å². The Morgan fingerprint density at radius 1 is 1.22 bits per heavy atom. The van der Waals surface area contributed by atoms with E-state index < -0.39 is 16.0 Å². The van der Waals surface area contributed by atoms with Crippen LogP contribution in [0.1, 0.15) is 16.1 Å². The lowest BCUT2D eigenvalue weighted by molar-refractivity contribution is 0.100. The van der Waals surface area contributed by atoms with Gasteiger partial charge in [0.15, 0.2) is 5.96 Å². The number of imidazole rings is 1. The normalized spacial score (nSPS) is 10.8. The van der Waals surface area contributed by atoms with Crippen molar-refractivity contribution >= 4 is 27.6 Å². The Balaban J connectivity index is 0.000000465. The molecule has 5 N–H and O–H groups in total. The molecule has 0 spiro atoms. The number of hydrogen-bond donors (Lipinski definition) is 3. The van der Waals surface area contributed by atoms with Crippen LogP contribution in [0.15, 0.2) is 53.8 Å². The molecule has 2 aromatic heterocycles. The summed E-state index contributed by atoms with van der Waals surface area (Å²) < 4.78 is 27.8. The molecular weight excluding hydrogens is 370 g/mol. The van der Waals surface area contributed by atoms with Gasteiger partial charge in [0.1, 0.15) is 5.65 Å². The minimum atomic E-state index is -3.67. The molecule has 9 nitrogen and oxygen atoms in total. The summed E-state index contributed by atoms with van der Waals surface area (Å²) >= 11 is 0. The highest BCUT2D eigenvalue weighted by Gasteiger charge is 2.10. The molecule has 142 valence electrons. The Hall–Kier alpha value is -3.24. The van der Waals surface area contributed by atoms with Gasteiger partial charge in [0.25, 0.3) is 16.0 Å². The second-order valence-corrected chi connectivity index (χ2v) is 7.16. The molecule has 10 heteroatoms. The van der Waals surface area contributed by atoms with Crippen LogP contribution in [0.5, 0.6) is 0 Å². The Labute approximate surface area is 156 Å². The molecule has 0 atom stereocenters. The number of amides is 1. The third kappa shape index (κ3) is 5.90. The molecule has 0 aliphatic carbocycles. The minimum absolute atomic E-state index is 0.249. The number of benzene rings is 1. The summed E-state index contributed by atoms with van der Waals surface area (Å²) in [6.45, 7) is 1.94. The van der Waals surface area contributed by atoms with E-state index in [0.717, 1.165) is 22.5 Å². The zero-order valence-electron chi connectivity index (χ0n) is 14.7. The molecule has 0 bridgehead atoms. The van der Waals surface area contributed by atoms with Gasteiger partial charge in [-0.25, -0.2) is 4.98 Å². The van der Waals surface area contributed by atoms with E-state index in [-0.39, 0.29) is 5.96 Å². The summed E-state index contributed by atoms with van der Waals surface area (Å²) in [4.78, 5) is 20.0. The van der Waals surface area contributed by atoms with Crippen LogP contribution in [-0.2, 0) is 10.1 Å². The Morgan fingerprint density at radius 2 is 1.89 bits per heavy atom. The lowest BCUT2D eigenvalue weighted by atomic mass is 10.0. The highest BCUT2D eigenvalue weighted by molar-refractivity contribution is 7.85. The molecular formula is C17H19N5O4S. The van der Waals surface area contributed by atoms with Crippen LogP contribution in [0.25, 0.3) is 16.8 Å². The van der Waals surface area contributed by atoms with Gasteiger partial charge >= 0.3 is 0 Å². The average Bonchev–Trinajstić information content (AvgIpc) is 2.92. The molecule has 0 aliphatic heterocycles. The molecule has 0 fully saturated rings. The van der Waals surface area contributed by atoms with Gasteiger partial charge in [-0.3, -0.25) is 9.35 Å². The number of pyridine rings is 1. The van der Waals surface area contributed by atoms with Crippen LogP contribution >= 0.6 is 0 Å². The van der Waals surface area contributed by atoms with E-state index in [4.69, 9.17) is 16.0 Å². The van der Waals surface area contributed by atoms with Gasteiger partial charge in [0, 0.05) is 23.5 Å². The predicted molar refractivity (Wildman–Crippen MR) is 103 cm³/mol. The summed E-state index contributed by atoms with van der Waals surface area (Å²) in [5, 5.41) is 0. The van der Waals surface area contributed by atoms with Gasteiger partial charge in [-0.05, 0) is 36.8 Å². The fourth-order valence-electron chi connectivity index (χ4n) is 2.36. The van der Waals surface area contributed by atoms with Crippen LogP contribution in [0.4, 0.5) is 0 Å². The Kier molecular flexibility index (Phi) is 5.93. The molecule has 3 rings (SSSR count). The molecule has 0 radical (unpaired) electrons. The van der Waals surface area contributed by atoms with E-state index in [2.05, 4.69) is 9.98 Å². The number of aliphatic imine (C=N–C) groups is 1. The molecule has 1 aromatic carbocycles. The second kappa shape index (κ2) is 7.98. The van der Waals surface area contributed by atoms with Crippen molar-refractivity contribution in [2.75, 3.05) is 6.26 Å². The number of carbonyl (C=O) groups excluding carboxylic acids is 1. The first-order chi connectivity index (χ1) is 12.5. The predicted octanol–water partition coefficient (Wildman–Crippen LogP) is 1.23. The lowest BCUT2D eigenvalue weighted by Gasteiger charge is -2.05. The molecule has 0 saturated heterocycles. The van der Waals surface area contributed by atoms with Crippen molar-refractivity contribution in [1.82, 2.24) is 9.38 Å². The van der Waals surface area contributed by atoms with Crippen LogP contribution in [0.3, 0.4) is 0 Å². The zero-order chi connectivity index (χ0) is 20.2. The molecule has 1 amide bonds. The van der Waals surface area contributed by atoms with Crippen LogP contribution in [0, 0.1) is 6.92 Å². The van der Waals surface area contributed by atoms with E-state index in [9.17, 15) is 13.2 Å². The lowest BCUT2D eigenvalue weighted by Crippen LogP contribution is -2.24. The molecule has 2 heterocycles. The number of nitrogens with two attached hydrogens (primary N) is 2. The topological polar surface area (TPSA) is 153 Å². The second-order valence-electron chi connectivity index (χ2n) is 5.69. The largest absolute Gasteiger partial charge is 0.370 e. The number of aromatic nitrogens is 2. The summed E-state index contributed by atoms with van der Waals surface area (Å²) in [6.07, 6.45) is 4.60. The quantitative estimate of drug-likeness (QED) is 0.338. The van der Waals surface area contributed by atoms with Crippen LogP contribution in [-0.4, -0.2) is 40.5 Å². The highest BCUT2D eigenvalue weighted by atomic mass is 32.2. The first-order valence-corrected chi connectivity index (χ1v) is 9.50. The summed E-state index contributed by atoms with van der Waals surface area (Å²) in [5.41, 5.74) is 14.5. The molecule has 27 heavy (non-hydrogen) atoms. The van der Waals surface area contributed by atoms with Crippen molar-refractivity contribution in [3.63, 3.8) is 0 Å². The maximum atomic E-state index is 11.9. The van der Waals surface area contributed by atoms with Gasteiger partial charge < -0.3 is 15.9 Å². The molecule has 0 saturated carbocycles. The van der Waals surface area contributed by atoms with Crippen molar-refractivity contribution in [2.45, 2.75) is 6.92 Å². The van der Waals surface area contributed by atoms with Crippen LogP contribution in [0.2, 0.25) is 0 Å². The SMILES string of the molecule is CS(=O)(=O)O.Cc1cn2cccc(-c3cccc(C(=O)N=C(N)N)c3)c2n1. The third-order valence-corrected chi connectivity index (χ3v) is 3.25. The average molecular weight is 389 g/mol. The summed E-state index contributed by atoms with van der Waals surface area (Å²) in [5.74, 6) is -0.713. The summed E-state index contributed by atoms with van der Waals surface area (Å²) in [6, 6.07) is 11.1. The first kappa shape index (κ1) is 20.1. The smallest absolute Gasteiger partial charge is 0.280 e. The fraction of sp³-hybridized carbons (Fsp3) is 0.118. The van der Waals surface area contributed by atoms with E-state index in [1.165, 1.54) is 0 Å². The number of nitrogens with zero attached hydrogens (tertiary/aromatic N) is 3. The fourth-order valence-corrected chi connectivity index (χ4v) is 2.36. The Bertz CT molecular complexity index is 1110. The van der Waals surface area contributed by atoms with E-state index in [1.54, 1.807) is 18.2 Å². The number of hydrogen-bond acceptors (Lipinski definition) is 4. The van der Waals surface area contributed by atoms with Gasteiger partial charge in [0.05, 0.1) is 11.9 Å². The van der Waals surface area contributed by atoms with Gasteiger partial charge in [-0.2, -0.15) is 13.4 Å². The van der Waals surface area contributed by atoms with Gasteiger partial charge in [-0.15, -0.1) is 0 Å². The number of aryl methyl sites for hydroxylation is 1. The standard InChI is InChI=1S/C16H15N5O.CH4O3S/c1-10-9-21-7-3-6-13(14(21)19-10)11-4-2-5-12(8-11)15(22)20-16(17)18;1-5(2,3)4/h2-9H,1H3,(H4,17,18,20,22);1H3,(H,2,3,4). The van der Waals surface area contributed by atoms with Crippen molar-refractivity contribution in [3.8, 4) is 11.1 Å². The van der Waals surface area contributed by atoms with E-state index >= 15 is 0 Å². The van der Waals surface area contributed by atoms with Crippen LogP contribution < -0.4 is 11.5 Å². The summed E-state index contributed by atoms with van der Waals surface area (Å²) in [7, 11) is -3.67. The Morgan fingerprint density at radius 3 is 2.52 bits per heavy atom. The zero-order valence-corrected chi connectivity index (χ0v) is 15.5. The van der Waals surface area contributed by atoms with Crippen molar-refractivity contribution in [3.05, 3.63) is 60.0 Å². The monoisotopic (exact) mass is 389 g/mol. The van der Waals surface area contributed by atoms with E-state index in [1.807, 2.05) is 41.9 Å². The number of fused-ring (bicyclic) bond motifs is 1. The number of guanidine groups is 1. The van der Waals surface area contributed by atoms with Gasteiger partial charge in [-0.1, -0.05) is 12.1 Å². The maximum Gasteiger partial charge on any atom is 0.280 e.